The van der Waals surface area contributed by atoms with E-state index in [0.717, 1.165) is 89.9 Å². The van der Waals surface area contributed by atoms with Crippen LogP contribution in [0.15, 0.2) is 97.2 Å². The fraction of sp³-hybridized carbons (Fsp3) is 0.732. The average Bonchev–Trinajstić information content (AvgIpc) is 3.43. The number of ether oxygens (including phenoxy) is 3. The number of carbonyl (C=O) groups excluding carboxylic acids is 3. The van der Waals surface area contributed by atoms with E-state index in [1.165, 1.54) is 186 Å². The standard InChI is InChI=1S/C71H122O6/c1-4-7-10-13-16-19-22-25-28-30-32-34-35-37-38-40-43-46-49-52-55-58-61-64-70(73)76-67-68(66-75-69(72)63-60-57-54-51-48-45-42-27-24-21-18-15-12-9-6-3)77-71(74)65-62-59-56-53-50-47-44-41-39-36-33-31-29-26-23-20-17-14-11-8-5-2/h9,12,18,21-22,25,27,30,32,35,37,42,48,51,57,60,68H,4-8,10-11,13-17,19-20,23-24,26,28-29,31,33-34,36,38-41,43-47,49-50,52-56,58-59,61-67H2,1-3H3/b12-9-,21-18-,25-22-,32-30-,37-35-,42-27-,51-48-,60-57-. The first-order chi connectivity index (χ1) is 38.0. The van der Waals surface area contributed by atoms with Crippen LogP contribution in [0, 0.1) is 0 Å². The highest BCUT2D eigenvalue weighted by molar-refractivity contribution is 5.72. The second kappa shape index (κ2) is 64.9. The monoisotopic (exact) mass is 1070 g/mol. The molecule has 0 aromatic heterocycles. The van der Waals surface area contributed by atoms with Crippen molar-refractivity contribution in [1.29, 1.82) is 0 Å². The van der Waals surface area contributed by atoms with E-state index in [2.05, 4.69) is 106 Å². The second-order valence-corrected chi connectivity index (χ2v) is 21.7. The summed E-state index contributed by atoms with van der Waals surface area (Å²) < 4.78 is 16.8. The summed E-state index contributed by atoms with van der Waals surface area (Å²) in [6.07, 6.45) is 87.3. The molecule has 0 fully saturated rings. The van der Waals surface area contributed by atoms with Gasteiger partial charge in [0.2, 0.25) is 0 Å². The molecule has 1 atom stereocenters. The maximum absolute atomic E-state index is 12.9. The van der Waals surface area contributed by atoms with Gasteiger partial charge in [0, 0.05) is 12.8 Å². The number of unbranched alkanes of at least 4 members (excludes halogenated alkanes) is 33. The highest BCUT2D eigenvalue weighted by atomic mass is 16.6. The third-order valence-corrected chi connectivity index (χ3v) is 14.1. The number of esters is 3. The zero-order valence-electron chi connectivity index (χ0n) is 50.7. The Labute approximate surface area is 477 Å². The van der Waals surface area contributed by atoms with Crippen molar-refractivity contribution in [2.24, 2.45) is 0 Å². The fourth-order valence-electron chi connectivity index (χ4n) is 9.23. The Hall–Kier alpha value is -3.67. The Morgan fingerprint density at radius 3 is 0.909 bits per heavy atom. The molecular formula is C71H122O6. The van der Waals surface area contributed by atoms with E-state index in [0.29, 0.717) is 12.8 Å². The molecule has 0 aliphatic carbocycles. The molecule has 0 spiro atoms. The van der Waals surface area contributed by atoms with Crippen molar-refractivity contribution in [2.45, 2.75) is 322 Å². The summed E-state index contributed by atoms with van der Waals surface area (Å²) in [5.74, 6) is -1.04. The lowest BCUT2D eigenvalue weighted by Crippen LogP contribution is -2.30. The molecule has 0 bridgehead atoms. The molecule has 0 aliphatic heterocycles. The molecule has 0 amide bonds. The van der Waals surface area contributed by atoms with Crippen LogP contribution in [-0.2, 0) is 28.6 Å². The van der Waals surface area contributed by atoms with Crippen LogP contribution in [0.5, 0.6) is 0 Å². The molecule has 0 N–H and O–H groups in total. The Balaban J connectivity index is 4.42. The van der Waals surface area contributed by atoms with Crippen LogP contribution < -0.4 is 0 Å². The van der Waals surface area contributed by atoms with Crippen LogP contribution >= 0.6 is 0 Å². The molecule has 0 aliphatic rings. The van der Waals surface area contributed by atoms with Gasteiger partial charge in [-0.1, -0.05) is 311 Å². The normalized spacial score (nSPS) is 12.7. The van der Waals surface area contributed by atoms with Gasteiger partial charge in [0.1, 0.15) is 13.2 Å². The van der Waals surface area contributed by atoms with Gasteiger partial charge >= 0.3 is 17.9 Å². The van der Waals surface area contributed by atoms with Crippen molar-refractivity contribution in [3.63, 3.8) is 0 Å². The molecule has 0 rings (SSSR count). The van der Waals surface area contributed by atoms with Gasteiger partial charge in [0.25, 0.3) is 0 Å². The summed E-state index contributed by atoms with van der Waals surface area (Å²) in [5, 5.41) is 0. The number of hydrogen-bond acceptors (Lipinski definition) is 6. The molecule has 6 nitrogen and oxygen atoms in total. The molecule has 77 heavy (non-hydrogen) atoms. The minimum atomic E-state index is -0.821. The molecule has 0 aromatic rings. The molecule has 0 radical (unpaired) electrons. The zero-order chi connectivity index (χ0) is 55.7. The van der Waals surface area contributed by atoms with E-state index in [9.17, 15) is 14.4 Å². The summed E-state index contributed by atoms with van der Waals surface area (Å²) in [5.41, 5.74) is 0. The lowest BCUT2D eigenvalue weighted by Gasteiger charge is -2.18. The van der Waals surface area contributed by atoms with E-state index < -0.39 is 12.1 Å². The van der Waals surface area contributed by atoms with Gasteiger partial charge in [0.15, 0.2) is 6.10 Å². The van der Waals surface area contributed by atoms with Crippen molar-refractivity contribution in [1.82, 2.24) is 0 Å². The molecule has 1 unspecified atom stereocenters. The SMILES string of the molecule is CC/C=C\C/C=C\C/C=C\C/C=C\C/C=C\CC(=O)OCC(COC(=O)CCCCCCCCCC/C=C\C/C=C\C/C=C\CCCCCCC)OC(=O)CCCCCCCCCCCCCCCCCCCCCCC. The minimum Gasteiger partial charge on any atom is -0.462 e. The first-order valence-electron chi connectivity index (χ1n) is 32.7. The first-order valence-corrected chi connectivity index (χ1v) is 32.7. The van der Waals surface area contributed by atoms with Crippen LogP contribution in [0.4, 0.5) is 0 Å². The van der Waals surface area contributed by atoms with E-state index >= 15 is 0 Å². The summed E-state index contributed by atoms with van der Waals surface area (Å²) in [7, 11) is 0. The molecule has 0 saturated heterocycles. The minimum absolute atomic E-state index is 0.109. The van der Waals surface area contributed by atoms with Gasteiger partial charge in [-0.3, -0.25) is 14.4 Å². The summed E-state index contributed by atoms with van der Waals surface area (Å²) >= 11 is 0. The van der Waals surface area contributed by atoms with Gasteiger partial charge < -0.3 is 14.2 Å². The Kier molecular flexibility index (Phi) is 61.8. The Bertz CT molecular complexity index is 1510. The summed E-state index contributed by atoms with van der Waals surface area (Å²) in [4.78, 5) is 38.3. The third kappa shape index (κ3) is 63.0. The Morgan fingerprint density at radius 1 is 0.286 bits per heavy atom. The molecule has 442 valence electrons. The maximum Gasteiger partial charge on any atom is 0.309 e. The Morgan fingerprint density at radius 2 is 0.558 bits per heavy atom. The van der Waals surface area contributed by atoms with Gasteiger partial charge in [-0.05, 0) is 83.5 Å². The number of rotatable bonds is 59. The fourth-order valence-corrected chi connectivity index (χ4v) is 9.23. The van der Waals surface area contributed by atoms with E-state index in [-0.39, 0.29) is 31.6 Å². The van der Waals surface area contributed by atoms with Gasteiger partial charge in [-0.15, -0.1) is 0 Å². The van der Waals surface area contributed by atoms with Crippen LogP contribution in [0.3, 0.4) is 0 Å². The number of allylic oxidation sites excluding steroid dienone is 15. The number of carbonyl (C=O) groups is 3. The van der Waals surface area contributed by atoms with E-state index in [4.69, 9.17) is 14.2 Å². The number of hydrogen-bond donors (Lipinski definition) is 0. The average molecular weight is 1070 g/mol. The quantitative estimate of drug-likeness (QED) is 0.0261. The van der Waals surface area contributed by atoms with Crippen LogP contribution in [-0.4, -0.2) is 37.2 Å². The summed E-state index contributed by atoms with van der Waals surface area (Å²) in [6, 6.07) is 0. The smallest absolute Gasteiger partial charge is 0.309 e. The largest absolute Gasteiger partial charge is 0.462 e. The topological polar surface area (TPSA) is 78.9 Å². The molecule has 6 heteroatoms. The maximum atomic E-state index is 12.9. The summed E-state index contributed by atoms with van der Waals surface area (Å²) in [6.45, 7) is 6.46. The predicted molar refractivity (Wildman–Crippen MR) is 334 cm³/mol. The first kappa shape index (κ1) is 73.3. The molecule has 0 saturated carbocycles. The van der Waals surface area contributed by atoms with Crippen LogP contribution in [0.1, 0.15) is 316 Å². The highest BCUT2D eigenvalue weighted by Crippen LogP contribution is 2.17. The van der Waals surface area contributed by atoms with Crippen LogP contribution in [0.25, 0.3) is 0 Å². The predicted octanol–water partition coefficient (Wildman–Crippen LogP) is 22.4. The molecular weight excluding hydrogens is 949 g/mol. The van der Waals surface area contributed by atoms with Crippen molar-refractivity contribution < 1.29 is 28.6 Å². The van der Waals surface area contributed by atoms with Crippen molar-refractivity contribution in [2.75, 3.05) is 13.2 Å². The van der Waals surface area contributed by atoms with Crippen LogP contribution in [0.2, 0.25) is 0 Å². The van der Waals surface area contributed by atoms with Crippen molar-refractivity contribution in [3.05, 3.63) is 97.2 Å². The lowest BCUT2D eigenvalue weighted by atomic mass is 10.0. The highest BCUT2D eigenvalue weighted by Gasteiger charge is 2.19. The molecule has 0 aromatic carbocycles. The lowest BCUT2D eigenvalue weighted by molar-refractivity contribution is -0.166. The van der Waals surface area contributed by atoms with Crippen molar-refractivity contribution >= 4 is 17.9 Å². The van der Waals surface area contributed by atoms with E-state index in [1.807, 2.05) is 6.08 Å². The zero-order valence-corrected chi connectivity index (χ0v) is 50.7. The third-order valence-electron chi connectivity index (χ3n) is 14.1. The van der Waals surface area contributed by atoms with Gasteiger partial charge in [-0.25, -0.2) is 0 Å². The van der Waals surface area contributed by atoms with Gasteiger partial charge in [0.05, 0.1) is 6.42 Å². The second-order valence-electron chi connectivity index (χ2n) is 21.7. The van der Waals surface area contributed by atoms with Crippen molar-refractivity contribution in [3.8, 4) is 0 Å². The van der Waals surface area contributed by atoms with E-state index in [1.54, 1.807) is 6.08 Å². The molecule has 0 heterocycles. The van der Waals surface area contributed by atoms with Gasteiger partial charge in [-0.2, -0.15) is 0 Å².